The number of carbonyl (C=O) groups is 2. The number of anilines is 1. The fraction of sp³-hybridized carbons (Fsp3) is 0.304. The number of ether oxygens (including phenoxy) is 3. The number of hydrogen-bond donors (Lipinski definition) is 2. The van der Waals surface area contributed by atoms with Gasteiger partial charge in [0.15, 0.2) is 11.5 Å². The minimum absolute atomic E-state index is 0.0121. The van der Waals surface area contributed by atoms with Gasteiger partial charge in [0.25, 0.3) is 5.91 Å². The van der Waals surface area contributed by atoms with Crippen LogP contribution in [0.4, 0.5) is 14.5 Å². The van der Waals surface area contributed by atoms with E-state index in [-0.39, 0.29) is 23.5 Å². The number of rotatable bonds is 9. The van der Waals surface area contributed by atoms with Gasteiger partial charge < -0.3 is 24.8 Å². The molecule has 1 unspecified atom stereocenters. The highest BCUT2D eigenvalue weighted by atomic mass is 19.3. The summed E-state index contributed by atoms with van der Waals surface area (Å²) in [6.07, 6.45) is 4.66. The molecule has 0 aliphatic carbocycles. The van der Waals surface area contributed by atoms with Crippen LogP contribution in [0, 0.1) is 0 Å². The summed E-state index contributed by atoms with van der Waals surface area (Å²) in [5, 5.41) is 5.51. The quantitative estimate of drug-likeness (QED) is 0.572. The van der Waals surface area contributed by atoms with Crippen molar-refractivity contribution >= 4 is 23.6 Å². The summed E-state index contributed by atoms with van der Waals surface area (Å²) in [4.78, 5) is 24.9. The topological polar surface area (TPSA) is 85.9 Å². The van der Waals surface area contributed by atoms with E-state index in [4.69, 9.17) is 9.47 Å². The van der Waals surface area contributed by atoms with E-state index in [2.05, 4.69) is 15.4 Å². The Kier molecular flexibility index (Phi) is 8.15. The van der Waals surface area contributed by atoms with Crippen molar-refractivity contribution in [1.29, 1.82) is 0 Å². The Morgan fingerprint density at radius 2 is 2.03 bits per heavy atom. The molecule has 7 nitrogen and oxygen atoms in total. The van der Waals surface area contributed by atoms with Crippen molar-refractivity contribution in [1.82, 2.24) is 5.32 Å². The van der Waals surface area contributed by atoms with E-state index in [1.807, 2.05) is 0 Å². The smallest absolute Gasteiger partial charge is 0.387 e. The molecule has 9 heteroatoms. The second kappa shape index (κ2) is 11.2. The molecule has 32 heavy (non-hydrogen) atoms. The standard InChI is InChI=1S/C23H24F2N2O5/c1-30-20-13-15(8-10-19(20)32-23(24)25)9-11-21(28)27-18-7-3-2-6-17(18)22(29)26-14-16-5-4-12-31-16/h2-3,6-11,13,16,23H,4-5,12,14H2,1H3,(H,26,29)(H,27,28)/b11-9+. The lowest BCUT2D eigenvalue weighted by Gasteiger charge is -2.13. The molecule has 2 amide bonds. The van der Waals surface area contributed by atoms with Gasteiger partial charge in [0.1, 0.15) is 0 Å². The van der Waals surface area contributed by atoms with Crippen LogP contribution in [0.25, 0.3) is 6.08 Å². The van der Waals surface area contributed by atoms with Crippen LogP contribution in [0.1, 0.15) is 28.8 Å². The Labute approximate surface area is 184 Å². The van der Waals surface area contributed by atoms with E-state index in [1.54, 1.807) is 24.3 Å². The third-order valence-corrected chi connectivity index (χ3v) is 4.77. The molecular formula is C23H24F2N2O5. The molecule has 3 rings (SSSR count). The minimum atomic E-state index is -2.97. The fourth-order valence-electron chi connectivity index (χ4n) is 3.22. The number of alkyl halides is 2. The summed E-state index contributed by atoms with van der Waals surface area (Å²) in [7, 11) is 1.33. The second-order valence-electron chi connectivity index (χ2n) is 7.00. The van der Waals surface area contributed by atoms with Gasteiger partial charge in [-0.05, 0) is 48.7 Å². The third-order valence-electron chi connectivity index (χ3n) is 4.77. The molecule has 0 bridgehead atoms. The lowest BCUT2D eigenvalue weighted by molar-refractivity contribution is -0.111. The first-order chi connectivity index (χ1) is 15.5. The van der Waals surface area contributed by atoms with Crippen LogP contribution in [0.5, 0.6) is 11.5 Å². The van der Waals surface area contributed by atoms with Crippen LogP contribution in [0.2, 0.25) is 0 Å². The number of nitrogens with one attached hydrogen (secondary N) is 2. The van der Waals surface area contributed by atoms with E-state index in [1.165, 1.54) is 37.5 Å². The number of benzene rings is 2. The van der Waals surface area contributed by atoms with Crippen LogP contribution in [0.3, 0.4) is 0 Å². The largest absolute Gasteiger partial charge is 0.493 e. The zero-order valence-corrected chi connectivity index (χ0v) is 17.5. The van der Waals surface area contributed by atoms with Crippen molar-refractivity contribution in [2.75, 3.05) is 25.6 Å². The van der Waals surface area contributed by atoms with Gasteiger partial charge in [-0.3, -0.25) is 9.59 Å². The van der Waals surface area contributed by atoms with E-state index >= 15 is 0 Å². The van der Waals surface area contributed by atoms with Gasteiger partial charge in [-0.1, -0.05) is 18.2 Å². The number of methoxy groups -OCH3 is 1. The molecule has 2 N–H and O–H groups in total. The molecule has 1 saturated heterocycles. The molecule has 1 fully saturated rings. The average Bonchev–Trinajstić information content (AvgIpc) is 3.30. The monoisotopic (exact) mass is 446 g/mol. The Morgan fingerprint density at radius 3 is 2.75 bits per heavy atom. The summed E-state index contributed by atoms with van der Waals surface area (Å²) in [6, 6.07) is 11.0. The van der Waals surface area contributed by atoms with Gasteiger partial charge in [0.2, 0.25) is 5.91 Å². The number of halogens is 2. The highest BCUT2D eigenvalue weighted by molar-refractivity contribution is 6.07. The van der Waals surface area contributed by atoms with Gasteiger partial charge in [-0.15, -0.1) is 0 Å². The highest BCUT2D eigenvalue weighted by Crippen LogP contribution is 2.29. The van der Waals surface area contributed by atoms with Crippen LogP contribution in [0.15, 0.2) is 48.5 Å². The zero-order chi connectivity index (χ0) is 22.9. The second-order valence-corrected chi connectivity index (χ2v) is 7.00. The normalized spacial score (nSPS) is 15.7. The Bertz CT molecular complexity index is 975. The summed E-state index contributed by atoms with van der Waals surface area (Å²) in [6.45, 7) is -1.86. The van der Waals surface area contributed by atoms with Crippen molar-refractivity contribution in [3.63, 3.8) is 0 Å². The van der Waals surface area contributed by atoms with Crippen LogP contribution in [-0.4, -0.2) is 44.8 Å². The first-order valence-corrected chi connectivity index (χ1v) is 10.1. The third kappa shape index (κ3) is 6.52. The highest BCUT2D eigenvalue weighted by Gasteiger charge is 2.18. The lowest BCUT2D eigenvalue weighted by Crippen LogP contribution is -2.32. The van der Waals surface area contributed by atoms with Crippen molar-refractivity contribution in [2.24, 2.45) is 0 Å². The Hall–Kier alpha value is -3.46. The van der Waals surface area contributed by atoms with Crippen LogP contribution >= 0.6 is 0 Å². The van der Waals surface area contributed by atoms with Crippen molar-refractivity contribution in [3.8, 4) is 11.5 Å². The minimum Gasteiger partial charge on any atom is -0.493 e. The molecular weight excluding hydrogens is 422 g/mol. The molecule has 0 aromatic heterocycles. The maximum absolute atomic E-state index is 12.5. The lowest BCUT2D eigenvalue weighted by atomic mass is 10.1. The molecule has 170 valence electrons. The Morgan fingerprint density at radius 1 is 1.22 bits per heavy atom. The van der Waals surface area contributed by atoms with Crippen LogP contribution < -0.4 is 20.1 Å². The first kappa shape index (κ1) is 23.2. The molecule has 1 aliphatic heterocycles. The van der Waals surface area contributed by atoms with E-state index in [0.717, 1.165) is 12.8 Å². The van der Waals surface area contributed by atoms with E-state index in [9.17, 15) is 18.4 Å². The molecule has 2 aromatic rings. The maximum atomic E-state index is 12.5. The SMILES string of the molecule is COc1cc(/C=C/C(=O)Nc2ccccc2C(=O)NCC2CCCO2)ccc1OC(F)F. The van der Waals surface area contributed by atoms with Crippen LogP contribution in [-0.2, 0) is 9.53 Å². The van der Waals surface area contributed by atoms with Crippen molar-refractivity contribution < 1.29 is 32.6 Å². The number of hydrogen-bond acceptors (Lipinski definition) is 5. The summed E-state index contributed by atoms with van der Waals surface area (Å²) in [5.41, 5.74) is 1.24. The average molecular weight is 446 g/mol. The first-order valence-electron chi connectivity index (χ1n) is 10.1. The van der Waals surface area contributed by atoms with Gasteiger partial charge in [0, 0.05) is 19.2 Å². The zero-order valence-electron chi connectivity index (χ0n) is 17.5. The predicted octanol–water partition coefficient (Wildman–Crippen LogP) is 3.86. The molecule has 1 atom stereocenters. The van der Waals surface area contributed by atoms with Gasteiger partial charge in [-0.2, -0.15) is 8.78 Å². The van der Waals surface area contributed by atoms with Gasteiger partial charge in [0.05, 0.1) is 24.5 Å². The molecule has 0 radical (unpaired) electrons. The Balaban J connectivity index is 1.63. The van der Waals surface area contributed by atoms with E-state index in [0.29, 0.717) is 30.0 Å². The van der Waals surface area contributed by atoms with E-state index < -0.39 is 12.5 Å². The summed E-state index contributed by atoms with van der Waals surface area (Å²) in [5.74, 6) is -0.760. The summed E-state index contributed by atoms with van der Waals surface area (Å²) >= 11 is 0. The van der Waals surface area contributed by atoms with Gasteiger partial charge in [-0.25, -0.2) is 0 Å². The molecule has 0 saturated carbocycles. The molecule has 2 aromatic carbocycles. The van der Waals surface area contributed by atoms with Crippen molar-refractivity contribution in [3.05, 3.63) is 59.7 Å². The summed E-state index contributed by atoms with van der Waals surface area (Å²) < 4.78 is 39.8. The maximum Gasteiger partial charge on any atom is 0.387 e. The predicted molar refractivity (Wildman–Crippen MR) is 115 cm³/mol. The number of carbonyl (C=O) groups excluding carboxylic acids is 2. The van der Waals surface area contributed by atoms with Crippen molar-refractivity contribution in [2.45, 2.75) is 25.6 Å². The number of amides is 2. The molecule has 1 heterocycles. The fourth-order valence-corrected chi connectivity index (χ4v) is 3.22. The molecule has 0 spiro atoms. The van der Waals surface area contributed by atoms with Gasteiger partial charge >= 0.3 is 6.61 Å². The molecule has 1 aliphatic rings. The number of para-hydroxylation sites is 1.